The molecule has 3 heteroatoms. The van der Waals surface area contributed by atoms with Crippen LogP contribution in [0.15, 0.2) is 18.2 Å². The second kappa shape index (κ2) is 10.6. The van der Waals surface area contributed by atoms with Crippen LogP contribution in [0.1, 0.15) is 51.5 Å². The van der Waals surface area contributed by atoms with Crippen LogP contribution in [0.2, 0.25) is 0 Å². The van der Waals surface area contributed by atoms with Crippen molar-refractivity contribution in [2.24, 2.45) is 0 Å². The number of ether oxygens (including phenoxy) is 2. The molecular weight excluding hydrogens is 250 g/mol. The second-order valence-electron chi connectivity index (χ2n) is 5.03. The zero-order valence-electron chi connectivity index (χ0n) is 13.2. The van der Waals surface area contributed by atoms with E-state index >= 15 is 0 Å². The fourth-order valence-corrected chi connectivity index (χ4v) is 2.13. The van der Waals surface area contributed by atoms with E-state index in [2.05, 4.69) is 25.2 Å². The lowest BCUT2D eigenvalue weighted by atomic mass is 10.1. The SMILES string of the molecule is CCCCCCOc1c(CNCCC)cccc1OC. The Bertz CT molecular complexity index is 366. The number of rotatable bonds is 11. The molecule has 0 unspecified atom stereocenters. The Labute approximate surface area is 123 Å². The lowest BCUT2D eigenvalue weighted by Crippen LogP contribution is -2.15. The van der Waals surface area contributed by atoms with Gasteiger partial charge in [0.05, 0.1) is 13.7 Å². The molecule has 1 rings (SSSR count). The van der Waals surface area contributed by atoms with Crippen molar-refractivity contribution >= 4 is 0 Å². The third-order valence-corrected chi connectivity index (χ3v) is 3.27. The smallest absolute Gasteiger partial charge is 0.165 e. The Balaban J connectivity index is 2.59. The van der Waals surface area contributed by atoms with Gasteiger partial charge < -0.3 is 14.8 Å². The van der Waals surface area contributed by atoms with E-state index in [1.54, 1.807) is 7.11 Å². The van der Waals surface area contributed by atoms with Gasteiger partial charge in [0.2, 0.25) is 0 Å². The molecule has 3 nitrogen and oxygen atoms in total. The molecule has 0 radical (unpaired) electrons. The summed E-state index contributed by atoms with van der Waals surface area (Å²) in [6.07, 6.45) is 6.00. The Morgan fingerprint density at radius 2 is 1.90 bits per heavy atom. The van der Waals surface area contributed by atoms with Crippen LogP contribution in [0.5, 0.6) is 11.5 Å². The van der Waals surface area contributed by atoms with Crippen molar-refractivity contribution < 1.29 is 9.47 Å². The molecule has 0 aliphatic heterocycles. The van der Waals surface area contributed by atoms with E-state index in [0.717, 1.165) is 44.0 Å². The normalized spacial score (nSPS) is 10.6. The highest BCUT2D eigenvalue weighted by Gasteiger charge is 2.10. The third-order valence-electron chi connectivity index (χ3n) is 3.27. The number of hydrogen-bond donors (Lipinski definition) is 1. The van der Waals surface area contributed by atoms with E-state index in [4.69, 9.17) is 9.47 Å². The van der Waals surface area contributed by atoms with E-state index in [-0.39, 0.29) is 0 Å². The largest absolute Gasteiger partial charge is 0.493 e. The van der Waals surface area contributed by atoms with Crippen molar-refractivity contribution in [2.75, 3.05) is 20.3 Å². The van der Waals surface area contributed by atoms with Gasteiger partial charge >= 0.3 is 0 Å². The topological polar surface area (TPSA) is 30.5 Å². The number of nitrogens with one attached hydrogen (secondary N) is 1. The Hall–Kier alpha value is -1.22. The first kappa shape index (κ1) is 16.8. The highest BCUT2D eigenvalue weighted by Crippen LogP contribution is 2.31. The average Bonchev–Trinajstić information content (AvgIpc) is 2.48. The summed E-state index contributed by atoms with van der Waals surface area (Å²) >= 11 is 0. The highest BCUT2D eigenvalue weighted by atomic mass is 16.5. The summed E-state index contributed by atoms with van der Waals surface area (Å²) in [5.41, 5.74) is 1.17. The van der Waals surface area contributed by atoms with E-state index in [1.807, 2.05) is 12.1 Å². The van der Waals surface area contributed by atoms with Crippen LogP contribution in [0.3, 0.4) is 0 Å². The summed E-state index contributed by atoms with van der Waals surface area (Å²) in [6.45, 7) is 7.01. The summed E-state index contributed by atoms with van der Waals surface area (Å²) < 4.78 is 11.4. The summed E-state index contributed by atoms with van der Waals surface area (Å²) in [5.74, 6) is 1.73. The van der Waals surface area contributed by atoms with Crippen LogP contribution < -0.4 is 14.8 Å². The van der Waals surface area contributed by atoms with Crippen molar-refractivity contribution in [1.29, 1.82) is 0 Å². The molecule has 0 atom stereocenters. The quantitative estimate of drug-likeness (QED) is 0.617. The van der Waals surface area contributed by atoms with Crippen molar-refractivity contribution in [2.45, 2.75) is 52.5 Å². The minimum absolute atomic E-state index is 0.765. The number of unbranched alkanes of at least 4 members (excludes halogenated alkanes) is 3. The fraction of sp³-hybridized carbons (Fsp3) is 0.647. The molecule has 20 heavy (non-hydrogen) atoms. The van der Waals surface area contributed by atoms with Gasteiger partial charge in [-0.15, -0.1) is 0 Å². The van der Waals surface area contributed by atoms with Gasteiger partial charge in [0.25, 0.3) is 0 Å². The molecule has 114 valence electrons. The predicted molar refractivity (Wildman–Crippen MR) is 84.6 cm³/mol. The second-order valence-corrected chi connectivity index (χ2v) is 5.03. The van der Waals surface area contributed by atoms with Gasteiger partial charge in [-0.05, 0) is 25.5 Å². The third kappa shape index (κ3) is 5.83. The first-order valence-electron chi connectivity index (χ1n) is 7.82. The average molecular weight is 279 g/mol. The minimum Gasteiger partial charge on any atom is -0.493 e. The Kier molecular flexibility index (Phi) is 8.88. The molecular formula is C17H29NO2. The molecule has 0 fully saturated rings. The molecule has 0 aliphatic carbocycles. The predicted octanol–water partition coefficient (Wildman–Crippen LogP) is 4.15. The Morgan fingerprint density at radius 3 is 2.60 bits per heavy atom. The van der Waals surface area contributed by atoms with Gasteiger partial charge in [0, 0.05) is 12.1 Å². The molecule has 1 aromatic rings. The molecule has 0 aliphatic rings. The lowest BCUT2D eigenvalue weighted by molar-refractivity contribution is 0.281. The number of para-hydroxylation sites is 1. The highest BCUT2D eigenvalue weighted by molar-refractivity contribution is 5.46. The van der Waals surface area contributed by atoms with Crippen molar-refractivity contribution in [3.63, 3.8) is 0 Å². The first-order valence-corrected chi connectivity index (χ1v) is 7.82. The minimum atomic E-state index is 0.765. The molecule has 0 saturated carbocycles. The van der Waals surface area contributed by atoms with Crippen LogP contribution >= 0.6 is 0 Å². The molecule has 0 spiro atoms. The fourth-order valence-electron chi connectivity index (χ4n) is 2.13. The van der Waals surface area contributed by atoms with Crippen LogP contribution in [0, 0.1) is 0 Å². The molecule has 0 saturated heterocycles. The molecule has 1 N–H and O–H groups in total. The zero-order valence-corrected chi connectivity index (χ0v) is 13.2. The van der Waals surface area contributed by atoms with E-state index < -0.39 is 0 Å². The molecule has 0 bridgehead atoms. The van der Waals surface area contributed by atoms with Gasteiger partial charge in [-0.3, -0.25) is 0 Å². The van der Waals surface area contributed by atoms with E-state index in [1.165, 1.54) is 24.8 Å². The standard InChI is InChI=1S/C17H29NO2/c1-4-6-7-8-13-20-17-15(14-18-12-5-2)10-9-11-16(17)19-3/h9-11,18H,4-8,12-14H2,1-3H3. The molecule has 0 aromatic heterocycles. The van der Waals surface area contributed by atoms with E-state index in [9.17, 15) is 0 Å². The summed E-state index contributed by atoms with van der Waals surface area (Å²) in [4.78, 5) is 0. The van der Waals surface area contributed by atoms with E-state index in [0.29, 0.717) is 0 Å². The maximum Gasteiger partial charge on any atom is 0.165 e. The Morgan fingerprint density at radius 1 is 1.05 bits per heavy atom. The van der Waals surface area contributed by atoms with Crippen LogP contribution in [0.25, 0.3) is 0 Å². The van der Waals surface area contributed by atoms with Gasteiger partial charge in [-0.25, -0.2) is 0 Å². The molecule has 1 aromatic carbocycles. The van der Waals surface area contributed by atoms with Gasteiger partial charge in [0.15, 0.2) is 11.5 Å². The number of hydrogen-bond acceptors (Lipinski definition) is 3. The first-order chi connectivity index (χ1) is 9.83. The summed E-state index contributed by atoms with van der Waals surface area (Å²) in [5, 5.41) is 3.42. The van der Waals surface area contributed by atoms with Gasteiger partial charge in [-0.1, -0.05) is 45.2 Å². The number of methoxy groups -OCH3 is 1. The van der Waals surface area contributed by atoms with Crippen molar-refractivity contribution in [3.8, 4) is 11.5 Å². The summed E-state index contributed by atoms with van der Waals surface area (Å²) in [7, 11) is 1.70. The van der Waals surface area contributed by atoms with Crippen LogP contribution in [0.4, 0.5) is 0 Å². The van der Waals surface area contributed by atoms with Gasteiger partial charge in [-0.2, -0.15) is 0 Å². The molecule has 0 heterocycles. The lowest BCUT2D eigenvalue weighted by Gasteiger charge is -2.15. The monoisotopic (exact) mass is 279 g/mol. The maximum atomic E-state index is 5.97. The van der Waals surface area contributed by atoms with Gasteiger partial charge in [0.1, 0.15) is 0 Å². The van der Waals surface area contributed by atoms with Crippen molar-refractivity contribution in [1.82, 2.24) is 5.32 Å². The number of benzene rings is 1. The van der Waals surface area contributed by atoms with Crippen LogP contribution in [-0.4, -0.2) is 20.3 Å². The molecule has 0 amide bonds. The van der Waals surface area contributed by atoms with Crippen LogP contribution in [-0.2, 0) is 6.54 Å². The maximum absolute atomic E-state index is 5.97. The van der Waals surface area contributed by atoms with Crippen molar-refractivity contribution in [3.05, 3.63) is 23.8 Å². The zero-order chi connectivity index (χ0) is 14.6. The summed E-state index contributed by atoms with van der Waals surface area (Å²) in [6, 6.07) is 6.09.